The van der Waals surface area contributed by atoms with Gasteiger partial charge in [0.15, 0.2) is 0 Å². The van der Waals surface area contributed by atoms with E-state index < -0.39 is 45.8 Å². The fourth-order valence-corrected chi connectivity index (χ4v) is 3.73. The van der Waals surface area contributed by atoms with Crippen LogP contribution in [0.25, 0.3) is 0 Å². The van der Waals surface area contributed by atoms with Crippen LogP contribution in [0.3, 0.4) is 0 Å². The first-order valence-electron chi connectivity index (χ1n) is 7.46. The van der Waals surface area contributed by atoms with Crippen molar-refractivity contribution in [2.75, 3.05) is 6.61 Å². The molecular formula is C16H16F2N2O5S. The summed E-state index contributed by atoms with van der Waals surface area (Å²) in [5.74, 6) is -2.99. The molecule has 0 spiro atoms. The van der Waals surface area contributed by atoms with Gasteiger partial charge in [-0.05, 0) is 24.6 Å². The average molecular weight is 386 g/mol. The van der Waals surface area contributed by atoms with Crippen LogP contribution in [0.4, 0.5) is 8.78 Å². The van der Waals surface area contributed by atoms with Crippen molar-refractivity contribution in [3.63, 3.8) is 0 Å². The maximum Gasteiger partial charge on any atom is 0.266 e. The van der Waals surface area contributed by atoms with Crippen molar-refractivity contribution in [2.45, 2.75) is 18.3 Å². The third-order valence-corrected chi connectivity index (χ3v) is 5.27. The van der Waals surface area contributed by atoms with Crippen molar-refractivity contribution in [3.05, 3.63) is 65.0 Å². The maximum absolute atomic E-state index is 14.0. The zero-order valence-electron chi connectivity index (χ0n) is 13.4. The topological polar surface area (TPSA) is 117 Å². The van der Waals surface area contributed by atoms with Gasteiger partial charge in [0.25, 0.3) is 5.91 Å². The molecule has 1 aromatic heterocycles. The number of aliphatic hydroxyl groups is 2. The normalized spacial score (nSPS) is 12.6. The first kappa shape index (κ1) is 19.9. The van der Waals surface area contributed by atoms with Gasteiger partial charge in [-0.3, -0.25) is 9.78 Å². The summed E-state index contributed by atoms with van der Waals surface area (Å²) in [7, 11) is -4.44. The van der Waals surface area contributed by atoms with Crippen LogP contribution >= 0.6 is 0 Å². The molecule has 1 unspecified atom stereocenters. The molecule has 0 radical (unpaired) electrons. The summed E-state index contributed by atoms with van der Waals surface area (Å²) < 4.78 is 53.8. The van der Waals surface area contributed by atoms with E-state index in [1.54, 1.807) is 4.72 Å². The van der Waals surface area contributed by atoms with Crippen LogP contribution in [0.5, 0.6) is 0 Å². The van der Waals surface area contributed by atoms with Gasteiger partial charge in [-0.15, -0.1) is 0 Å². The minimum absolute atomic E-state index is 0.0897. The van der Waals surface area contributed by atoms with Gasteiger partial charge in [0, 0.05) is 24.4 Å². The lowest BCUT2D eigenvalue weighted by atomic mass is 10.1. The molecule has 140 valence electrons. The van der Waals surface area contributed by atoms with E-state index in [1.807, 2.05) is 0 Å². The fourth-order valence-electron chi connectivity index (χ4n) is 2.27. The number of carbonyl (C=O) groups is 1. The van der Waals surface area contributed by atoms with E-state index in [1.165, 1.54) is 12.1 Å². The lowest BCUT2D eigenvalue weighted by molar-refractivity contribution is 0.0980. The Morgan fingerprint density at radius 1 is 1.19 bits per heavy atom. The van der Waals surface area contributed by atoms with E-state index in [-0.39, 0.29) is 23.4 Å². The second kappa shape index (κ2) is 8.30. The van der Waals surface area contributed by atoms with Crippen LogP contribution in [-0.4, -0.2) is 36.1 Å². The zero-order chi connectivity index (χ0) is 19.3. The molecule has 10 heteroatoms. The van der Waals surface area contributed by atoms with Crippen LogP contribution < -0.4 is 4.72 Å². The number of aromatic nitrogens is 1. The van der Waals surface area contributed by atoms with E-state index in [4.69, 9.17) is 10.2 Å². The van der Waals surface area contributed by atoms with Gasteiger partial charge >= 0.3 is 0 Å². The summed E-state index contributed by atoms with van der Waals surface area (Å²) in [5, 5.41) is 16.4. The Morgan fingerprint density at radius 2 is 1.92 bits per heavy atom. The summed E-state index contributed by atoms with van der Waals surface area (Å²) in [6, 6.07) is 4.97. The number of hydrogen-bond donors (Lipinski definition) is 3. The van der Waals surface area contributed by atoms with Crippen LogP contribution in [0.15, 0.2) is 36.5 Å². The first-order valence-corrected chi connectivity index (χ1v) is 9.00. The average Bonchev–Trinajstić information content (AvgIpc) is 2.60. The Morgan fingerprint density at radius 3 is 2.46 bits per heavy atom. The Bertz CT molecular complexity index is 888. The summed E-state index contributed by atoms with van der Waals surface area (Å²) >= 11 is 0. The van der Waals surface area contributed by atoms with Gasteiger partial charge in [-0.2, -0.15) is 0 Å². The SMILES string of the molecule is O=C(NS(=O)(=O)C(CCO)c1ccc(F)cc1F)c1ccc(CO)nc1. The smallest absolute Gasteiger partial charge is 0.266 e. The molecule has 1 atom stereocenters. The van der Waals surface area contributed by atoms with Gasteiger partial charge in [-0.25, -0.2) is 21.9 Å². The molecule has 0 saturated carbocycles. The van der Waals surface area contributed by atoms with Gasteiger partial charge in [0.05, 0.1) is 17.9 Å². The monoisotopic (exact) mass is 386 g/mol. The molecule has 0 saturated heterocycles. The zero-order valence-corrected chi connectivity index (χ0v) is 14.2. The highest BCUT2D eigenvalue weighted by Crippen LogP contribution is 2.28. The standard InChI is InChI=1S/C16H16F2N2O5S/c17-11-2-4-13(14(18)7-11)15(5-6-21)26(24,25)20-16(23)10-1-3-12(9-22)19-8-10/h1-4,7-8,15,21-22H,5-6,9H2,(H,20,23). The van der Waals surface area contributed by atoms with Crippen molar-refractivity contribution in [2.24, 2.45) is 0 Å². The van der Waals surface area contributed by atoms with Gasteiger partial charge in [0.1, 0.15) is 16.9 Å². The Kier molecular flexibility index (Phi) is 6.35. The molecule has 1 aromatic carbocycles. The first-order chi connectivity index (χ1) is 12.3. The van der Waals surface area contributed by atoms with Gasteiger partial charge < -0.3 is 10.2 Å². The molecule has 3 N–H and O–H groups in total. The minimum atomic E-state index is -4.44. The predicted molar refractivity (Wildman–Crippen MR) is 87.3 cm³/mol. The number of aliphatic hydroxyl groups excluding tert-OH is 2. The number of nitrogens with one attached hydrogen (secondary N) is 1. The Hall–Kier alpha value is -2.43. The number of hydrogen-bond acceptors (Lipinski definition) is 6. The second-order valence-electron chi connectivity index (χ2n) is 5.34. The van der Waals surface area contributed by atoms with Gasteiger partial charge in [-0.1, -0.05) is 6.07 Å². The number of rotatable bonds is 7. The van der Waals surface area contributed by atoms with Crippen LogP contribution in [0, 0.1) is 11.6 Å². The number of pyridine rings is 1. The van der Waals surface area contributed by atoms with Crippen LogP contribution in [0.2, 0.25) is 0 Å². The summed E-state index contributed by atoms with van der Waals surface area (Å²) in [4.78, 5) is 15.9. The molecule has 2 rings (SSSR count). The highest BCUT2D eigenvalue weighted by Gasteiger charge is 2.31. The molecular weight excluding hydrogens is 370 g/mol. The van der Waals surface area contributed by atoms with E-state index in [0.29, 0.717) is 6.07 Å². The number of halogens is 2. The second-order valence-corrected chi connectivity index (χ2v) is 7.20. The molecule has 0 aliphatic heterocycles. The Balaban J connectivity index is 2.30. The Labute approximate surface area is 148 Å². The summed E-state index contributed by atoms with van der Waals surface area (Å²) in [5.41, 5.74) is -0.168. The number of benzene rings is 1. The molecule has 26 heavy (non-hydrogen) atoms. The van der Waals surface area contributed by atoms with Crippen molar-refractivity contribution < 1.29 is 32.2 Å². The van der Waals surface area contributed by atoms with Crippen molar-refractivity contribution in [3.8, 4) is 0 Å². The minimum Gasteiger partial charge on any atom is -0.396 e. The summed E-state index contributed by atoms with van der Waals surface area (Å²) in [6.45, 7) is -0.939. The molecule has 1 amide bonds. The number of sulfonamides is 1. The molecule has 0 aliphatic rings. The lowest BCUT2D eigenvalue weighted by Gasteiger charge is -2.18. The number of amides is 1. The van der Waals surface area contributed by atoms with Crippen molar-refractivity contribution in [1.29, 1.82) is 0 Å². The fraction of sp³-hybridized carbons (Fsp3) is 0.250. The highest BCUT2D eigenvalue weighted by molar-refractivity contribution is 7.90. The molecule has 7 nitrogen and oxygen atoms in total. The van der Waals surface area contributed by atoms with Crippen LogP contribution in [0.1, 0.15) is 33.3 Å². The van der Waals surface area contributed by atoms with E-state index in [9.17, 15) is 22.0 Å². The van der Waals surface area contributed by atoms with Crippen LogP contribution in [-0.2, 0) is 16.6 Å². The largest absolute Gasteiger partial charge is 0.396 e. The third-order valence-electron chi connectivity index (χ3n) is 3.56. The van der Waals surface area contributed by atoms with Gasteiger partial charge in [0.2, 0.25) is 10.0 Å². The third kappa shape index (κ3) is 4.59. The summed E-state index contributed by atoms with van der Waals surface area (Å²) in [6.07, 6.45) is 0.683. The van der Waals surface area contributed by atoms with Crippen molar-refractivity contribution in [1.82, 2.24) is 9.71 Å². The quantitative estimate of drug-likeness (QED) is 0.655. The van der Waals surface area contributed by atoms with E-state index >= 15 is 0 Å². The lowest BCUT2D eigenvalue weighted by Crippen LogP contribution is -2.35. The van der Waals surface area contributed by atoms with E-state index in [2.05, 4.69) is 4.98 Å². The molecule has 0 aliphatic carbocycles. The molecule has 0 fully saturated rings. The molecule has 1 heterocycles. The molecule has 2 aromatic rings. The highest BCUT2D eigenvalue weighted by atomic mass is 32.2. The van der Waals surface area contributed by atoms with E-state index in [0.717, 1.165) is 18.3 Å². The molecule has 0 bridgehead atoms. The number of carbonyl (C=O) groups excluding carboxylic acids is 1. The number of nitrogens with zero attached hydrogens (tertiary/aromatic N) is 1. The maximum atomic E-state index is 14.0. The van der Waals surface area contributed by atoms with Crippen molar-refractivity contribution >= 4 is 15.9 Å². The predicted octanol–water partition coefficient (Wildman–Crippen LogP) is 1.04.